The first kappa shape index (κ1) is 16.6. The van der Waals surface area contributed by atoms with Crippen LogP contribution in [0.3, 0.4) is 0 Å². The van der Waals surface area contributed by atoms with Crippen molar-refractivity contribution in [3.63, 3.8) is 0 Å². The molecule has 0 aliphatic heterocycles. The Morgan fingerprint density at radius 2 is 1.90 bits per heavy atom. The average molecular weight is 295 g/mol. The molecular formula is C15H21NO3S. The Kier molecular flexibility index (Phi) is 7.15. The topological polar surface area (TPSA) is 57.6 Å². The van der Waals surface area contributed by atoms with Crippen molar-refractivity contribution in [2.45, 2.75) is 19.6 Å². The zero-order valence-electron chi connectivity index (χ0n) is 11.9. The van der Waals surface area contributed by atoms with Crippen LogP contribution in [0.15, 0.2) is 30.3 Å². The van der Waals surface area contributed by atoms with Crippen molar-refractivity contribution in [3.8, 4) is 0 Å². The van der Waals surface area contributed by atoms with Crippen LogP contribution in [0.5, 0.6) is 0 Å². The predicted octanol–water partition coefficient (Wildman–Crippen LogP) is 2.49. The summed E-state index contributed by atoms with van der Waals surface area (Å²) in [6, 6.07) is 9.91. The third kappa shape index (κ3) is 6.61. The van der Waals surface area contributed by atoms with Gasteiger partial charge in [-0.1, -0.05) is 44.2 Å². The lowest BCUT2D eigenvalue weighted by Gasteiger charge is -2.22. The van der Waals surface area contributed by atoms with Crippen molar-refractivity contribution >= 4 is 23.6 Å². The fourth-order valence-electron chi connectivity index (χ4n) is 1.78. The lowest BCUT2D eigenvalue weighted by Crippen LogP contribution is -2.39. The Balaban J connectivity index is 2.43. The van der Waals surface area contributed by atoms with Gasteiger partial charge in [-0.25, -0.2) is 0 Å². The molecule has 1 amide bonds. The molecule has 1 rings (SSSR count). The first-order valence-corrected chi connectivity index (χ1v) is 7.75. The van der Waals surface area contributed by atoms with E-state index in [0.29, 0.717) is 12.3 Å². The quantitative estimate of drug-likeness (QED) is 0.800. The summed E-state index contributed by atoms with van der Waals surface area (Å²) < 4.78 is 0. The van der Waals surface area contributed by atoms with E-state index in [1.807, 2.05) is 44.2 Å². The Labute approximate surface area is 124 Å². The van der Waals surface area contributed by atoms with Crippen LogP contribution in [0.2, 0.25) is 0 Å². The SMILES string of the molecule is CC(C)CN(CC(=O)O)C(=O)CSCc1ccccc1. The number of amides is 1. The molecule has 4 nitrogen and oxygen atoms in total. The summed E-state index contributed by atoms with van der Waals surface area (Å²) in [6.07, 6.45) is 0. The Morgan fingerprint density at radius 1 is 1.25 bits per heavy atom. The van der Waals surface area contributed by atoms with E-state index in [4.69, 9.17) is 5.11 Å². The Hall–Kier alpha value is -1.49. The van der Waals surface area contributed by atoms with Crippen molar-refractivity contribution in [2.24, 2.45) is 5.92 Å². The largest absolute Gasteiger partial charge is 0.480 e. The van der Waals surface area contributed by atoms with Crippen LogP contribution < -0.4 is 0 Å². The van der Waals surface area contributed by atoms with E-state index in [0.717, 1.165) is 5.75 Å². The van der Waals surface area contributed by atoms with Gasteiger partial charge in [-0.15, -0.1) is 11.8 Å². The van der Waals surface area contributed by atoms with E-state index in [1.54, 1.807) is 0 Å². The summed E-state index contributed by atoms with van der Waals surface area (Å²) in [7, 11) is 0. The Bertz CT molecular complexity index is 434. The number of thioether (sulfide) groups is 1. The van der Waals surface area contributed by atoms with Gasteiger partial charge in [0.15, 0.2) is 0 Å². The molecule has 0 heterocycles. The molecule has 0 radical (unpaired) electrons. The van der Waals surface area contributed by atoms with Crippen LogP contribution in [-0.2, 0) is 15.3 Å². The second-order valence-electron chi connectivity index (χ2n) is 5.04. The van der Waals surface area contributed by atoms with Crippen LogP contribution in [0.1, 0.15) is 19.4 Å². The number of carboxylic acid groups (broad SMARTS) is 1. The molecular weight excluding hydrogens is 274 g/mol. The van der Waals surface area contributed by atoms with Gasteiger partial charge in [-0.3, -0.25) is 9.59 Å². The number of carbonyl (C=O) groups is 2. The van der Waals surface area contributed by atoms with E-state index in [1.165, 1.54) is 22.2 Å². The fourth-order valence-corrected chi connectivity index (χ4v) is 2.67. The molecule has 0 aliphatic carbocycles. The highest BCUT2D eigenvalue weighted by Gasteiger charge is 2.17. The first-order valence-electron chi connectivity index (χ1n) is 6.60. The number of aliphatic carboxylic acids is 1. The van der Waals surface area contributed by atoms with Crippen molar-refractivity contribution in [2.75, 3.05) is 18.8 Å². The number of hydrogen-bond acceptors (Lipinski definition) is 3. The molecule has 0 saturated heterocycles. The van der Waals surface area contributed by atoms with Gasteiger partial charge in [0.1, 0.15) is 6.54 Å². The second-order valence-corrected chi connectivity index (χ2v) is 6.03. The zero-order valence-corrected chi connectivity index (χ0v) is 12.7. The Morgan fingerprint density at radius 3 is 2.45 bits per heavy atom. The molecule has 0 aromatic heterocycles. The molecule has 0 spiro atoms. The number of benzene rings is 1. The predicted molar refractivity (Wildman–Crippen MR) is 81.7 cm³/mol. The van der Waals surface area contributed by atoms with Crippen molar-refractivity contribution in [1.82, 2.24) is 4.90 Å². The molecule has 5 heteroatoms. The minimum atomic E-state index is -0.966. The molecule has 1 N–H and O–H groups in total. The molecule has 0 fully saturated rings. The van der Waals surface area contributed by atoms with Crippen LogP contribution in [-0.4, -0.2) is 40.7 Å². The molecule has 20 heavy (non-hydrogen) atoms. The number of carboxylic acids is 1. The van der Waals surface area contributed by atoms with Gasteiger partial charge >= 0.3 is 5.97 Å². The fraction of sp³-hybridized carbons (Fsp3) is 0.467. The number of hydrogen-bond donors (Lipinski definition) is 1. The van der Waals surface area contributed by atoms with Gasteiger partial charge < -0.3 is 10.0 Å². The van der Waals surface area contributed by atoms with Crippen molar-refractivity contribution in [3.05, 3.63) is 35.9 Å². The minimum absolute atomic E-state index is 0.109. The zero-order chi connectivity index (χ0) is 15.0. The lowest BCUT2D eigenvalue weighted by molar-refractivity contribution is -0.143. The van der Waals surface area contributed by atoms with Crippen LogP contribution in [0, 0.1) is 5.92 Å². The maximum absolute atomic E-state index is 12.0. The minimum Gasteiger partial charge on any atom is -0.480 e. The van der Waals surface area contributed by atoms with Gasteiger partial charge in [0.05, 0.1) is 5.75 Å². The number of carbonyl (C=O) groups excluding carboxylic acids is 1. The summed E-state index contributed by atoms with van der Waals surface area (Å²) in [6.45, 7) is 4.21. The third-order valence-corrected chi connectivity index (χ3v) is 3.59. The van der Waals surface area contributed by atoms with Crippen LogP contribution >= 0.6 is 11.8 Å². The summed E-state index contributed by atoms with van der Waals surface area (Å²) >= 11 is 1.51. The average Bonchev–Trinajstić information content (AvgIpc) is 2.38. The summed E-state index contributed by atoms with van der Waals surface area (Å²) in [5.41, 5.74) is 1.17. The number of rotatable bonds is 8. The summed E-state index contributed by atoms with van der Waals surface area (Å²) in [5.74, 6) is 0.260. The maximum Gasteiger partial charge on any atom is 0.323 e. The highest BCUT2D eigenvalue weighted by atomic mass is 32.2. The third-order valence-electron chi connectivity index (χ3n) is 2.60. The van der Waals surface area contributed by atoms with Gasteiger partial charge in [-0.2, -0.15) is 0 Å². The van der Waals surface area contributed by atoms with Crippen LogP contribution in [0.4, 0.5) is 0 Å². The molecule has 0 atom stereocenters. The van der Waals surface area contributed by atoms with E-state index in [2.05, 4.69) is 0 Å². The van der Waals surface area contributed by atoms with Crippen LogP contribution in [0.25, 0.3) is 0 Å². The van der Waals surface area contributed by atoms with Gasteiger partial charge in [0, 0.05) is 12.3 Å². The molecule has 110 valence electrons. The van der Waals surface area contributed by atoms with Crippen molar-refractivity contribution in [1.29, 1.82) is 0 Å². The monoisotopic (exact) mass is 295 g/mol. The molecule has 1 aromatic carbocycles. The second kappa shape index (κ2) is 8.64. The van der Waals surface area contributed by atoms with Gasteiger partial charge in [0.2, 0.25) is 5.91 Å². The van der Waals surface area contributed by atoms with E-state index in [-0.39, 0.29) is 18.4 Å². The highest BCUT2D eigenvalue weighted by molar-refractivity contribution is 7.99. The standard InChI is InChI=1S/C15H21NO3S/c1-12(2)8-16(9-15(18)19)14(17)11-20-10-13-6-4-3-5-7-13/h3-7,12H,8-11H2,1-2H3,(H,18,19). The van der Waals surface area contributed by atoms with E-state index in [9.17, 15) is 9.59 Å². The molecule has 0 unspecified atom stereocenters. The smallest absolute Gasteiger partial charge is 0.323 e. The molecule has 0 aliphatic rings. The normalized spacial score (nSPS) is 10.6. The highest BCUT2D eigenvalue weighted by Crippen LogP contribution is 2.13. The first-order chi connectivity index (χ1) is 9.49. The lowest BCUT2D eigenvalue weighted by atomic mass is 10.2. The summed E-state index contributed by atoms with van der Waals surface area (Å²) in [4.78, 5) is 24.3. The van der Waals surface area contributed by atoms with E-state index < -0.39 is 5.97 Å². The number of nitrogens with zero attached hydrogens (tertiary/aromatic N) is 1. The van der Waals surface area contributed by atoms with Gasteiger partial charge in [-0.05, 0) is 11.5 Å². The molecule has 0 bridgehead atoms. The van der Waals surface area contributed by atoms with E-state index >= 15 is 0 Å². The van der Waals surface area contributed by atoms with Gasteiger partial charge in [0.25, 0.3) is 0 Å². The maximum atomic E-state index is 12.0. The summed E-state index contributed by atoms with van der Waals surface area (Å²) in [5, 5.41) is 8.85. The molecule has 0 saturated carbocycles. The molecule has 1 aromatic rings. The van der Waals surface area contributed by atoms with Crippen molar-refractivity contribution < 1.29 is 14.7 Å².